The van der Waals surface area contributed by atoms with Gasteiger partial charge in [-0.25, -0.2) is 0 Å². The Kier molecular flexibility index (Phi) is 12.1. The number of thiophene rings is 1. The van der Waals surface area contributed by atoms with Gasteiger partial charge in [-0.1, -0.05) is 218 Å². The van der Waals surface area contributed by atoms with E-state index in [-0.39, 0.29) is 0 Å². The van der Waals surface area contributed by atoms with Crippen LogP contribution in [-0.4, -0.2) is 0 Å². The third-order valence-electron chi connectivity index (χ3n) is 15.0. The summed E-state index contributed by atoms with van der Waals surface area (Å²) in [6, 6.07) is 113. The summed E-state index contributed by atoms with van der Waals surface area (Å²) in [6.07, 6.45) is 0. The molecule has 0 radical (unpaired) electrons. The number of para-hydroxylation sites is 2. The molecule has 1 heterocycles. The lowest BCUT2D eigenvalue weighted by Crippen LogP contribution is -2.16. The van der Waals surface area contributed by atoms with Gasteiger partial charge in [0.1, 0.15) is 0 Å². The Hall–Kier alpha value is -10.0. The van der Waals surface area contributed by atoms with E-state index in [2.05, 4.69) is 324 Å². The molecule has 0 unspecified atom stereocenters. The minimum atomic E-state index is 1.01. The number of rotatable bonds is 12. The van der Waals surface area contributed by atoms with E-state index in [4.69, 9.17) is 0 Å². The normalized spacial score (nSPS) is 11.3. The Morgan fingerprint density at radius 2 is 0.551 bits per heavy atom. The van der Waals surface area contributed by atoms with Crippen LogP contribution in [0.4, 0.5) is 51.2 Å². The molecule has 0 fully saturated rings. The molecule has 0 saturated carbocycles. The van der Waals surface area contributed by atoms with Crippen LogP contribution in [0.2, 0.25) is 0 Å². The second-order valence-corrected chi connectivity index (χ2v) is 20.7. The molecule has 0 amide bonds. The largest absolute Gasteiger partial charge is 0.310 e. The van der Waals surface area contributed by atoms with Crippen molar-refractivity contribution in [1.29, 1.82) is 0 Å². The van der Waals surface area contributed by atoms with Crippen molar-refractivity contribution in [3.63, 3.8) is 0 Å². The molecule has 368 valence electrons. The van der Waals surface area contributed by atoms with Crippen LogP contribution in [-0.2, 0) is 0 Å². The van der Waals surface area contributed by atoms with E-state index in [1.54, 1.807) is 0 Å². The van der Waals surface area contributed by atoms with Crippen molar-refractivity contribution in [3.05, 3.63) is 309 Å². The molecule has 0 aliphatic rings. The molecule has 0 atom stereocenters. The first-order chi connectivity index (χ1) is 38.7. The van der Waals surface area contributed by atoms with Crippen molar-refractivity contribution in [2.24, 2.45) is 0 Å². The first-order valence-corrected chi connectivity index (χ1v) is 27.4. The Labute approximate surface area is 459 Å². The lowest BCUT2D eigenvalue weighted by molar-refractivity contribution is 1.23. The van der Waals surface area contributed by atoms with Crippen LogP contribution in [0.15, 0.2) is 309 Å². The summed E-state index contributed by atoms with van der Waals surface area (Å²) in [5, 5.41) is 7.18. The van der Waals surface area contributed by atoms with Gasteiger partial charge in [0.15, 0.2) is 0 Å². The molecule has 0 N–H and O–H groups in total. The molecule has 3 nitrogen and oxygen atoms in total. The maximum absolute atomic E-state index is 2.45. The maximum atomic E-state index is 2.45. The molecular formula is C74H51N3S. The zero-order valence-electron chi connectivity index (χ0n) is 42.7. The molecule has 0 aliphatic carbocycles. The average Bonchev–Trinajstić information content (AvgIpc) is 4.03. The molecule has 0 saturated heterocycles. The predicted molar refractivity (Wildman–Crippen MR) is 335 cm³/mol. The highest BCUT2D eigenvalue weighted by Gasteiger charge is 2.25. The number of hydrogen-bond donors (Lipinski definition) is 0. The van der Waals surface area contributed by atoms with E-state index in [1.807, 2.05) is 11.3 Å². The molecular weight excluding hydrogens is 963 g/mol. The van der Waals surface area contributed by atoms with Crippen LogP contribution in [0.5, 0.6) is 0 Å². The Morgan fingerprint density at radius 3 is 1.05 bits per heavy atom. The van der Waals surface area contributed by atoms with Crippen LogP contribution in [0, 0.1) is 0 Å². The summed E-state index contributed by atoms with van der Waals surface area (Å²) in [4.78, 5) is 7.36. The van der Waals surface area contributed by atoms with Crippen molar-refractivity contribution in [2.45, 2.75) is 0 Å². The van der Waals surface area contributed by atoms with E-state index in [1.165, 1.54) is 58.8 Å². The smallest absolute Gasteiger partial charge is 0.0540 e. The summed E-state index contributed by atoms with van der Waals surface area (Å²) in [5.41, 5.74) is 16.5. The SMILES string of the molecule is c1ccc(-c2ccc(N(c3cc(N(c4ccccc4)c4ccc(-c5ccccc5)c5ccccc45)cc(N(c4ccccc4)c4ccc(-c5ccccc5)c5ccccc45)c3)c3ccc4sc5ccccc5c4c3)cc2)cc1. The molecule has 4 heteroatoms. The van der Waals surface area contributed by atoms with Gasteiger partial charge >= 0.3 is 0 Å². The molecule has 0 bridgehead atoms. The summed E-state index contributed by atoms with van der Waals surface area (Å²) in [6.45, 7) is 0. The molecule has 14 rings (SSSR count). The van der Waals surface area contributed by atoms with Gasteiger partial charge in [-0.2, -0.15) is 0 Å². The minimum Gasteiger partial charge on any atom is -0.310 e. The van der Waals surface area contributed by atoms with Crippen molar-refractivity contribution in [3.8, 4) is 33.4 Å². The molecule has 0 spiro atoms. The van der Waals surface area contributed by atoms with Crippen molar-refractivity contribution in [1.82, 2.24) is 0 Å². The van der Waals surface area contributed by atoms with E-state index in [9.17, 15) is 0 Å². The predicted octanol–water partition coefficient (Wildman–Crippen LogP) is 21.8. The van der Waals surface area contributed by atoms with Crippen molar-refractivity contribution < 1.29 is 0 Å². The van der Waals surface area contributed by atoms with Crippen LogP contribution in [0.3, 0.4) is 0 Å². The Balaban J connectivity index is 1.07. The van der Waals surface area contributed by atoms with Gasteiger partial charge in [0.05, 0.1) is 28.4 Å². The molecule has 13 aromatic carbocycles. The zero-order chi connectivity index (χ0) is 51.8. The van der Waals surface area contributed by atoms with Crippen LogP contribution < -0.4 is 14.7 Å². The average molecular weight is 1010 g/mol. The third-order valence-corrected chi connectivity index (χ3v) is 16.1. The van der Waals surface area contributed by atoms with Gasteiger partial charge in [-0.15, -0.1) is 11.3 Å². The molecule has 78 heavy (non-hydrogen) atoms. The highest BCUT2D eigenvalue weighted by atomic mass is 32.1. The number of benzene rings is 13. The van der Waals surface area contributed by atoms with Crippen LogP contribution >= 0.6 is 11.3 Å². The Morgan fingerprint density at radius 1 is 0.192 bits per heavy atom. The highest BCUT2D eigenvalue weighted by molar-refractivity contribution is 7.25. The molecule has 0 aliphatic heterocycles. The maximum Gasteiger partial charge on any atom is 0.0540 e. The van der Waals surface area contributed by atoms with Gasteiger partial charge in [-0.3, -0.25) is 0 Å². The van der Waals surface area contributed by atoms with E-state index in [0.717, 1.165) is 67.5 Å². The van der Waals surface area contributed by atoms with Gasteiger partial charge in [-0.05, 0) is 135 Å². The minimum absolute atomic E-state index is 1.01. The van der Waals surface area contributed by atoms with Gasteiger partial charge < -0.3 is 14.7 Å². The van der Waals surface area contributed by atoms with Gasteiger partial charge in [0, 0.05) is 53.7 Å². The van der Waals surface area contributed by atoms with Crippen LogP contribution in [0.1, 0.15) is 0 Å². The highest BCUT2D eigenvalue weighted by Crippen LogP contribution is 2.50. The summed E-state index contributed by atoms with van der Waals surface area (Å²) >= 11 is 1.85. The van der Waals surface area contributed by atoms with E-state index < -0.39 is 0 Å². The number of anilines is 9. The zero-order valence-corrected chi connectivity index (χ0v) is 43.5. The number of hydrogen-bond acceptors (Lipinski definition) is 4. The third kappa shape index (κ3) is 8.61. The Bertz CT molecular complexity index is 4240. The fraction of sp³-hybridized carbons (Fsp3) is 0. The second-order valence-electron chi connectivity index (χ2n) is 19.7. The monoisotopic (exact) mass is 1010 g/mol. The van der Waals surface area contributed by atoms with E-state index >= 15 is 0 Å². The molecule has 1 aromatic heterocycles. The summed E-state index contributed by atoms with van der Waals surface area (Å²) < 4.78 is 2.54. The number of fused-ring (bicyclic) bond motifs is 5. The summed E-state index contributed by atoms with van der Waals surface area (Å²) in [7, 11) is 0. The lowest BCUT2D eigenvalue weighted by Gasteiger charge is -2.34. The number of nitrogens with zero attached hydrogens (tertiary/aromatic N) is 3. The second kappa shape index (κ2) is 20.3. The lowest BCUT2D eigenvalue weighted by atomic mass is 9.96. The van der Waals surface area contributed by atoms with Gasteiger partial charge in [0.2, 0.25) is 0 Å². The van der Waals surface area contributed by atoms with E-state index in [0.29, 0.717) is 0 Å². The first-order valence-electron chi connectivity index (χ1n) is 26.6. The van der Waals surface area contributed by atoms with Crippen molar-refractivity contribution >= 4 is 104 Å². The molecule has 14 aromatic rings. The van der Waals surface area contributed by atoms with Crippen molar-refractivity contribution in [2.75, 3.05) is 14.7 Å². The topological polar surface area (TPSA) is 9.72 Å². The fourth-order valence-corrected chi connectivity index (χ4v) is 12.5. The fourth-order valence-electron chi connectivity index (χ4n) is 11.4. The quantitative estimate of drug-likeness (QED) is 0.121. The summed E-state index contributed by atoms with van der Waals surface area (Å²) in [5.74, 6) is 0. The standard InChI is InChI=1S/C74H51N3S/c1-6-22-52(23-7-1)53-38-40-58(41-39-53)75(59-42-47-74-70(51-59)69-36-20-21-37-73(69)78-74)60-48-61(76(56-28-12-4-13-29-56)71-45-43-63(54-24-8-2-9-25-54)65-32-16-18-34-67(65)71)50-62(49-60)77(57-30-14-5-15-31-57)72-46-44-64(55-26-10-3-11-27-55)66-33-17-19-35-68(66)72/h1-51H. The van der Waals surface area contributed by atoms with Gasteiger partial charge in [0.25, 0.3) is 0 Å². The first kappa shape index (κ1) is 46.5. The van der Waals surface area contributed by atoms with Crippen LogP contribution in [0.25, 0.3) is 75.1 Å².